The number of carboxylic acids is 1. The molecule has 0 saturated carbocycles. The summed E-state index contributed by atoms with van der Waals surface area (Å²) in [7, 11) is 3.25. The van der Waals surface area contributed by atoms with Gasteiger partial charge in [-0.1, -0.05) is 6.07 Å². The molecule has 0 fully saturated rings. The number of thiazole rings is 1. The van der Waals surface area contributed by atoms with Gasteiger partial charge in [-0.15, -0.1) is 11.3 Å². The van der Waals surface area contributed by atoms with E-state index in [4.69, 9.17) is 14.6 Å². The molecule has 0 amide bonds. The minimum atomic E-state index is -0.786. The molecule has 0 saturated heterocycles. The topological polar surface area (TPSA) is 68.7 Å². The third kappa shape index (κ3) is 3.98. The first-order valence-corrected chi connectivity index (χ1v) is 7.73. The number of hydrogen-bond acceptors (Lipinski definition) is 5. The van der Waals surface area contributed by atoms with Crippen LogP contribution in [-0.2, 0) is 17.6 Å². The van der Waals surface area contributed by atoms with Crippen LogP contribution in [0.5, 0.6) is 11.5 Å². The fraction of sp³-hybridized carbons (Fsp3) is 0.375. The Morgan fingerprint density at radius 2 is 2.09 bits per heavy atom. The van der Waals surface area contributed by atoms with Crippen molar-refractivity contribution in [1.82, 2.24) is 4.98 Å². The Morgan fingerprint density at radius 1 is 1.32 bits per heavy atom. The minimum Gasteiger partial charge on any atom is -0.497 e. The summed E-state index contributed by atoms with van der Waals surface area (Å²) in [5.41, 5.74) is 1.94. The van der Waals surface area contributed by atoms with Gasteiger partial charge >= 0.3 is 5.97 Å². The van der Waals surface area contributed by atoms with Gasteiger partial charge in [0.1, 0.15) is 11.5 Å². The van der Waals surface area contributed by atoms with Crippen LogP contribution in [0.4, 0.5) is 0 Å². The Morgan fingerprint density at radius 3 is 2.73 bits per heavy atom. The fourth-order valence-electron chi connectivity index (χ4n) is 2.18. The number of carbonyl (C=O) groups is 1. The van der Waals surface area contributed by atoms with Crippen molar-refractivity contribution in [2.45, 2.75) is 26.2 Å². The second-order valence-corrected chi connectivity index (χ2v) is 6.03. The number of benzene rings is 1. The van der Waals surface area contributed by atoms with Crippen molar-refractivity contribution >= 4 is 17.3 Å². The Hall–Kier alpha value is -2.08. The number of ether oxygens (including phenoxy) is 2. The number of aryl methyl sites for hydroxylation is 2. The van der Waals surface area contributed by atoms with Gasteiger partial charge in [-0.3, -0.25) is 4.79 Å². The molecule has 1 aromatic heterocycles. The van der Waals surface area contributed by atoms with Crippen LogP contribution in [0.3, 0.4) is 0 Å². The van der Waals surface area contributed by atoms with Crippen LogP contribution in [0, 0.1) is 6.92 Å². The molecule has 6 heteroatoms. The first-order chi connectivity index (χ1) is 10.5. The van der Waals surface area contributed by atoms with Crippen LogP contribution in [0.15, 0.2) is 18.2 Å². The van der Waals surface area contributed by atoms with Crippen LogP contribution in [0.25, 0.3) is 0 Å². The molecule has 0 aliphatic rings. The summed E-state index contributed by atoms with van der Waals surface area (Å²) < 4.78 is 10.6. The molecule has 0 aliphatic carbocycles. The number of methoxy groups -OCH3 is 2. The Bertz CT molecular complexity index is 666. The fourth-order valence-corrected chi connectivity index (χ4v) is 3.27. The second kappa shape index (κ2) is 7.26. The number of nitrogens with zero attached hydrogens (tertiary/aromatic N) is 1. The van der Waals surface area contributed by atoms with Crippen LogP contribution >= 0.6 is 11.3 Å². The summed E-state index contributed by atoms with van der Waals surface area (Å²) in [6.07, 6.45) is 1.32. The highest BCUT2D eigenvalue weighted by Crippen LogP contribution is 2.29. The SMILES string of the molecule is COc1ccc(Cc2nc(C)c(CCC(=O)O)s2)c(OC)c1. The van der Waals surface area contributed by atoms with E-state index in [2.05, 4.69) is 4.98 Å². The number of aromatic nitrogens is 1. The summed E-state index contributed by atoms with van der Waals surface area (Å²) in [6, 6.07) is 5.70. The summed E-state index contributed by atoms with van der Waals surface area (Å²) in [4.78, 5) is 16.3. The summed E-state index contributed by atoms with van der Waals surface area (Å²) >= 11 is 1.56. The van der Waals surface area contributed by atoms with Crippen molar-refractivity contribution < 1.29 is 19.4 Å². The van der Waals surface area contributed by atoms with E-state index in [0.717, 1.165) is 32.6 Å². The third-order valence-corrected chi connectivity index (χ3v) is 4.56. The van der Waals surface area contributed by atoms with Gasteiger partial charge in [0.25, 0.3) is 0 Å². The monoisotopic (exact) mass is 321 g/mol. The van der Waals surface area contributed by atoms with Gasteiger partial charge in [0.05, 0.1) is 31.3 Å². The molecule has 1 aromatic carbocycles. The highest BCUT2D eigenvalue weighted by Gasteiger charge is 2.12. The zero-order valence-corrected chi connectivity index (χ0v) is 13.7. The van der Waals surface area contributed by atoms with Gasteiger partial charge in [0.2, 0.25) is 0 Å². The molecule has 0 unspecified atom stereocenters. The molecule has 0 atom stereocenters. The van der Waals surface area contributed by atoms with E-state index < -0.39 is 5.97 Å². The molecule has 1 N–H and O–H groups in total. The molecule has 5 nitrogen and oxygen atoms in total. The summed E-state index contributed by atoms with van der Waals surface area (Å²) in [6.45, 7) is 1.92. The largest absolute Gasteiger partial charge is 0.497 e. The molecule has 0 aliphatic heterocycles. The predicted octanol–water partition coefficient (Wildman–Crippen LogP) is 3.08. The highest BCUT2D eigenvalue weighted by atomic mass is 32.1. The normalized spacial score (nSPS) is 10.5. The Kier molecular flexibility index (Phi) is 5.38. The zero-order valence-electron chi connectivity index (χ0n) is 12.9. The number of hydrogen-bond donors (Lipinski definition) is 1. The molecular weight excluding hydrogens is 302 g/mol. The minimum absolute atomic E-state index is 0.133. The van der Waals surface area contributed by atoms with Crippen molar-refractivity contribution in [2.24, 2.45) is 0 Å². The molecule has 2 rings (SSSR count). The second-order valence-electron chi connectivity index (χ2n) is 4.86. The average molecular weight is 321 g/mol. The maximum atomic E-state index is 10.7. The van der Waals surface area contributed by atoms with Crippen molar-refractivity contribution in [3.05, 3.63) is 39.3 Å². The predicted molar refractivity (Wildman–Crippen MR) is 85.2 cm³/mol. The lowest BCUT2D eigenvalue weighted by atomic mass is 10.1. The van der Waals surface area contributed by atoms with E-state index in [0.29, 0.717) is 12.8 Å². The number of aliphatic carboxylic acids is 1. The Balaban J connectivity index is 2.17. The first kappa shape index (κ1) is 16.3. The van der Waals surface area contributed by atoms with Gasteiger partial charge in [0.15, 0.2) is 0 Å². The van der Waals surface area contributed by atoms with Gasteiger partial charge < -0.3 is 14.6 Å². The van der Waals surface area contributed by atoms with Gasteiger partial charge in [-0.2, -0.15) is 0 Å². The molecule has 22 heavy (non-hydrogen) atoms. The van der Waals surface area contributed by atoms with Gasteiger partial charge in [-0.25, -0.2) is 4.98 Å². The molecule has 1 heterocycles. The quantitative estimate of drug-likeness (QED) is 0.849. The molecule has 2 aromatic rings. The number of carboxylic acid groups (broad SMARTS) is 1. The van der Waals surface area contributed by atoms with Crippen molar-refractivity contribution in [3.63, 3.8) is 0 Å². The first-order valence-electron chi connectivity index (χ1n) is 6.91. The zero-order chi connectivity index (χ0) is 16.1. The highest BCUT2D eigenvalue weighted by molar-refractivity contribution is 7.11. The smallest absolute Gasteiger partial charge is 0.303 e. The van der Waals surface area contributed by atoms with Gasteiger partial charge in [0, 0.05) is 22.9 Å². The molecule has 118 valence electrons. The van der Waals surface area contributed by atoms with E-state index >= 15 is 0 Å². The lowest BCUT2D eigenvalue weighted by Gasteiger charge is -2.09. The van der Waals surface area contributed by atoms with E-state index in [1.54, 1.807) is 25.6 Å². The molecule has 0 spiro atoms. The van der Waals surface area contributed by atoms with E-state index in [-0.39, 0.29) is 6.42 Å². The summed E-state index contributed by atoms with van der Waals surface area (Å²) in [5, 5.41) is 9.74. The van der Waals surface area contributed by atoms with E-state index in [9.17, 15) is 4.79 Å². The van der Waals surface area contributed by atoms with Gasteiger partial charge in [-0.05, 0) is 19.4 Å². The summed E-state index contributed by atoms with van der Waals surface area (Å²) in [5.74, 6) is 0.725. The van der Waals surface area contributed by atoms with Crippen LogP contribution in [0.2, 0.25) is 0 Å². The van der Waals surface area contributed by atoms with Crippen LogP contribution in [0.1, 0.15) is 27.6 Å². The van der Waals surface area contributed by atoms with Crippen molar-refractivity contribution in [3.8, 4) is 11.5 Å². The lowest BCUT2D eigenvalue weighted by molar-refractivity contribution is -0.136. The van der Waals surface area contributed by atoms with E-state index in [1.807, 2.05) is 25.1 Å². The lowest BCUT2D eigenvalue weighted by Crippen LogP contribution is -1.96. The average Bonchev–Trinajstić information content (AvgIpc) is 2.85. The number of rotatable bonds is 7. The third-order valence-electron chi connectivity index (χ3n) is 3.34. The molecule has 0 radical (unpaired) electrons. The van der Waals surface area contributed by atoms with Crippen molar-refractivity contribution in [1.29, 1.82) is 0 Å². The van der Waals surface area contributed by atoms with E-state index in [1.165, 1.54) is 0 Å². The standard InChI is InChI=1S/C16H19NO4S/c1-10-14(6-7-16(18)19)22-15(17-10)8-11-4-5-12(20-2)9-13(11)21-3/h4-5,9H,6-8H2,1-3H3,(H,18,19). The molecule has 0 bridgehead atoms. The van der Waals surface area contributed by atoms with Crippen molar-refractivity contribution in [2.75, 3.05) is 14.2 Å². The van der Waals surface area contributed by atoms with Crippen LogP contribution < -0.4 is 9.47 Å². The van der Waals surface area contributed by atoms with Crippen LogP contribution in [-0.4, -0.2) is 30.3 Å². The maximum Gasteiger partial charge on any atom is 0.303 e. The molecular formula is C16H19NO4S. The Labute approximate surface area is 133 Å². The maximum absolute atomic E-state index is 10.7.